The molecule has 8 heterocycles. The second kappa shape index (κ2) is 35.6. The number of pyridine rings is 4. The van der Waals surface area contributed by atoms with Crippen LogP contribution in [0.1, 0.15) is 5.69 Å². The summed E-state index contributed by atoms with van der Waals surface area (Å²) in [4.78, 5) is 58.3. The van der Waals surface area contributed by atoms with Crippen LogP contribution in [0.3, 0.4) is 0 Å². The molecule has 0 aliphatic rings. The average molecular weight is 1750 g/mol. The van der Waals surface area contributed by atoms with Gasteiger partial charge in [-0.1, -0.05) is 340 Å². The van der Waals surface area contributed by atoms with Crippen molar-refractivity contribution < 1.29 is 0 Å². The van der Waals surface area contributed by atoms with Crippen molar-refractivity contribution in [2.75, 3.05) is 0 Å². The smallest absolute Gasteiger partial charge is 0.0985 e. The molecule has 0 radical (unpaired) electrons. The van der Waals surface area contributed by atoms with Crippen LogP contribution in [0.2, 0.25) is 0 Å². The molecule has 0 aliphatic heterocycles. The summed E-state index contributed by atoms with van der Waals surface area (Å²) >= 11 is 0. The van der Waals surface area contributed by atoms with Crippen molar-refractivity contribution in [2.45, 2.75) is 6.92 Å². The number of hydrogen-bond acceptors (Lipinski definition) is 12. The lowest BCUT2D eigenvalue weighted by Gasteiger charge is -2.19. The van der Waals surface area contributed by atoms with Gasteiger partial charge in [-0.3, -0.25) is 24.9 Å². The number of nitrogens with zero attached hydrogens (tertiary/aromatic N) is 12. The van der Waals surface area contributed by atoms with E-state index in [1.807, 2.05) is 190 Å². The van der Waals surface area contributed by atoms with Gasteiger partial charge in [0, 0.05) is 105 Å². The fourth-order valence-electron chi connectivity index (χ4n) is 20.0. The maximum Gasteiger partial charge on any atom is 0.0985 e. The van der Waals surface area contributed by atoms with Gasteiger partial charge in [0.2, 0.25) is 0 Å². The fraction of sp³-hybridized carbons (Fsp3) is 0.00800. The molecule has 0 fully saturated rings. The highest BCUT2D eigenvalue weighted by Crippen LogP contribution is 2.51. The highest BCUT2D eigenvalue weighted by Gasteiger charge is 2.27. The summed E-state index contributed by atoms with van der Waals surface area (Å²) in [5, 5.41) is 21.1. The predicted molar refractivity (Wildman–Crippen MR) is 566 cm³/mol. The van der Waals surface area contributed by atoms with E-state index in [4.69, 9.17) is 34.9 Å². The molecule has 0 atom stereocenters. The summed E-state index contributed by atoms with van der Waals surface area (Å²) in [5.74, 6) is 0. The molecule has 27 aromatic rings. The lowest BCUT2D eigenvalue weighted by molar-refractivity contribution is 1.19. The zero-order chi connectivity index (χ0) is 91.1. The Labute approximate surface area is 788 Å². The van der Waals surface area contributed by atoms with E-state index in [9.17, 15) is 0 Å². The predicted octanol–water partition coefficient (Wildman–Crippen LogP) is 31.5. The normalized spacial score (nSPS) is 11.4. The van der Waals surface area contributed by atoms with Crippen LogP contribution < -0.4 is 0 Å². The van der Waals surface area contributed by atoms with Crippen LogP contribution in [-0.2, 0) is 0 Å². The minimum absolute atomic E-state index is 0.881. The first-order valence-corrected chi connectivity index (χ1v) is 45.9. The lowest BCUT2D eigenvalue weighted by atomic mass is 9.86. The van der Waals surface area contributed by atoms with Crippen molar-refractivity contribution in [3.63, 3.8) is 0 Å². The highest BCUT2D eigenvalue weighted by molar-refractivity contribution is 6.26. The van der Waals surface area contributed by atoms with Crippen molar-refractivity contribution in [1.82, 2.24) is 59.8 Å². The molecule has 0 aliphatic carbocycles. The molecule has 0 saturated heterocycles. The van der Waals surface area contributed by atoms with E-state index in [0.29, 0.717) is 0 Å². The summed E-state index contributed by atoms with van der Waals surface area (Å²) in [7, 11) is 0. The van der Waals surface area contributed by atoms with Gasteiger partial charge < -0.3 is 0 Å². The van der Waals surface area contributed by atoms with E-state index in [0.717, 1.165) is 167 Å². The van der Waals surface area contributed by atoms with Gasteiger partial charge in [0.1, 0.15) is 0 Å². The van der Waals surface area contributed by atoms with Gasteiger partial charge in [0.15, 0.2) is 0 Å². The number of aromatic nitrogens is 12. The van der Waals surface area contributed by atoms with Crippen LogP contribution in [0.15, 0.2) is 468 Å². The molecule has 0 spiro atoms. The van der Waals surface area contributed by atoms with Crippen LogP contribution in [-0.4, -0.2) is 59.8 Å². The molecule has 19 aromatic carbocycles. The third-order valence-corrected chi connectivity index (χ3v) is 25.9. The molecule has 0 amide bonds. The molecular formula is C125H80N12. The van der Waals surface area contributed by atoms with E-state index >= 15 is 0 Å². The van der Waals surface area contributed by atoms with Gasteiger partial charge in [-0.05, 0) is 199 Å². The number of fused-ring (bicyclic) bond motifs is 13. The van der Waals surface area contributed by atoms with Crippen molar-refractivity contribution in [2.24, 2.45) is 0 Å². The van der Waals surface area contributed by atoms with Crippen molar-refractivity contribution in [3.05, 3.63) is 474 Å². The minimum atomic E-state index is 0.881. The van der Waals surface area contributed by atoms with Crippen LogP contribution in [0, 0.1) is 6.92 Å². The molecular weight excluding hydrogens is 1670 g/mol. The van der Waals surface area contributed by atoms with Crippen LogP contribution in [0.4, 0.5) is 0 Å². The number of benzene rings is 19. The standard InChI is InChI=1S/C37H23N3.C33H21N3.C28H19N3.C27H17N3/c1-2-14-26-24(11-1)12-9-19-31(26)36-37(40-33-21-8-7-20-32(33)39-36)35-29-17-5-3-15-27(29)34(25-13-10-22-38-23-25)28-16-4-6-18-30(28)35;1-2-11-22(12-3-1)32-33(36-29-19-9-8-18-28(29)35-32)31-26-16-6-4-14-24(26)30(23-13-10-20-34-21-23)25-15-5-7-17-27(25)31;1-18-28(31-25-15-7-6-14-24(25)30-18)27-22-12-4-2-10-20(22)26(19-9-8-16-29-17-19)21-11-3-5-13-23(21)27;1-3-11-21-19(9-1)26(18-8-7-15-28-16-18)20-10-2-4-12-22(20)27(21)25-17-29-23-13-5-6-14-24(23)30-25/h1-23H;1-21H;2-17H,1H3;1-17H. The first kappa shape index (κ1) is 81.7. The molecule has 12 heteroatoms. The Morgan fingerprint density at radius 1 is 0.153 bits per heavy atom. The third-order valence-electron chi connectivity index (χ3n) is 25.9. The van der Waals surface area contributed by atoms with Crippen LogP contribution in [0.5, 0.6) is 0 Å². The molecule has 27 rings (SSSR count). The van der Waals surface area contributed by atoms with Crippen LogP contribution in [0.25, 0.3) is 253 Å². The summed E-state index contributed by atoms with van der Waals surface area (Å²) in [6.45, 7) is 2.05. The lowest BCUT2D eigenvalue weighted by Crippen LogP contribution is -1.98. The maximum absolute atomic E-state index is 5.36. The molecule has 137 heavy (non-hydrogen) atoms. The quantitative estimate of drug-likeness (QED) is 0.120. The molecule has 8 aromatic heterocycles. The molecule has 12 nitrogen and oxygen atoms in total. The monoisotopic (exact) mass is 1750 g/mol. The molecule has 0 saturated carbocycles. The Balaban J connectivity index is 0.000000100. The first-order chi connectivity index (χ1) is 68.0. The van der Waals surface area contributed by atoms with Gasteiger partial charge >= 0.3 is 0 Å². The van der Waals surface area contributed by atoms with Crippen molar-refractivity contribution in [3.8, 4) is 112 Å². The van der Waals surface area contributed by atoms with Gasteiger partial charge in [0.05, 0.1) is 90.2 Å². The van der Waals surface area contributed by atoms with Gasteiger partial charge in [-0.15, -0.1) is 0 Å². The number of aryl methyl sites for hydroxylation is 1. The Morgan fingerprint density at radius 2 is 0.401 bits per heavy atom. The third kappa shape index (κ3) is 15.0. The first-order valence-electron chi connectivity index (χ1n) is 45.9. The molecule has 0 unspecified atom stereocenters. The average Bonchev–Trinajstić information content (AvgIpc) is 0.727. The summed E-state index contributed by atoms with van der Waals surface area (Å²) < 4.78 is 0. The minimum Gasteiger partial charge on any atom is -0.264 e. The second-order valence-electron chi connectivity index (χ2n) is 33.9. The summed E-state index contributed by atoms with van der Waals surface area (Å²) in [6, 6.07) is 143. The fourth-order valence-corrected chi connectivity index (χ4v) is 20.0. The Hall–Kier alpha value is -18.5. The summed E-state index contributed by atoms with van der Waals surface area (Å²) in [5.41, 5.74) is 29.3. The molecule has 0 bridgehead atoms. The zero-order valence-corrected chi connectivity index (χ0v) is 74.3. The topological polar surface area (TPSA) is 155 Å². The zero-order valence-electron chi connectivity index (χ0n) is 74.3. The Bertz CT molecular complexity index is 9140. The van der Waals surface area contributed by atoms with Crippen molar-refractivity contribution in [1.29, 1.82) is 0 Å². The summed E-state index contributed by atoms with van der Waals surface area (Å²) in [6.07, 6.45) is 16.9. The van der Waals surface area contributed by atoms with E-state index in [1.54, 1.807) is 0 Å². The van der Waals surface area contributed by atoms with Crippen LogP contribution >= 0.6 is 0 Å². The van der Waals surface area contributed by atoms with Gasteiger partial charge in [0.25, 0.3) is 0 Å². The molecule has 640 valence electrons. The highest BCUT2D eigenvalue weighted by atomic mass is 14.9. The SMILES string of the molecule is Cc1nc2ccccc2nc1-c1c2ccccc2c(-c2cccnc2)c2ccccc12.c1ccc(-c2nc3ccccc3nc2-c2c3ccccc3c(-c3cccnc3)c3ccccc23)cc1.c1cncc(-c2c3ccccc3c(-c3cnc4ccccc4n3)c3ccccc23)c1.c1cncc(-c2c3ccccc3c(-c3nc4ccccc4nc3-c3cccc4ccccc34)c3ccccc23)c1. The Kier molecular flexibility index (Phi) is 21.3. The van der Waals surface area contributed by atoms with E-state index in [2.05, 4.69) is 310 Å². The number of hydrogen-bond donors (Lipinski definition) is 0. The number of para-hydroxylation sites is 8. The van der Waals surface area contributed by atoms with Gasteiger partial charge in [-0.25, -0.2) is 34.9 Å². The second-order valence-corrected chi connectivity index (χ2v) is 33.9. The van der Waals surface area contributed by atoms with E-state index in [-0.39, 0.29) is 0 Å². The van der Waals surface area contributed by atoms with E-state index < -0.39 is 0 Å². The molecule has 0 N–H and O–H groups in total. The van der Waals surface area contributed by atoms with E-state index in [1.165, 1.54) is 92.3 Å². The Morgan fingerprint density at radius 3 is 0.752 bits per heavy atom. The maximum atomic E-state index is 5.36. The largest absolute Gasteiger partial charge is 0.264 e. The number of rotatable bonds is 10. The van der Waals surface area contributed by atoms with Gasteiger partial charge in [-0.2, -0.15) is 0 Å². The van der Waals surface area contributed by atoms with Crippen molar-refractivity contribution >= 4 is 141 Å².